The summed E-state index contributed by atoms with van der Waals surface area (Å²) in [5, 5.41) is 18.7. The van der Waals surface area contributed by atoms with Gasteiger partial charge in [0.05, 0.1) is 0 Å². The van der Waals surface area contributed by atoms with E-state index in [0.717, 1.165) is 13.0 Å². The summed E-state index contributed by atoms with van der Waals surface area (Å²) in [6.45, 7) is 0.836. The van der Waals surface area contributed by atoms with Gasteiger partial charge in [-0.25, -0.2) is 0 Å². The fraction of sp³-hybridized carbons (Fsp3) is 0.636. The highest BCUT2D eigenvalue weighted by Gasteiger charge is 2.01. The Kier molecular flexibility index (Phi) is 13.4. The van der Waals surface area contributed by atoms with Crippen molar-refractivity contribution in [3.05, 3.63) is 29.9 Å². The average molecular weight is 363 g/mol. The molecule has 1 aromatic rings. The summed E-state index contributed by atoms with van der Waals surface area (Å²) in [5.74, 6) is 0.0230. The first kappa shape index (κ1) is 22.4. The van der Waals surface area contributed by atoms with Crippen LogP contribution in [0.3, 0.4) is 0 Å². The van der Waals surface area contributed by atoms with Crippen molar-refractivity contribution in [3.63, 3.8) is 0 Å². The van der Waals surface area contributed by atoms with E-state index >= 15 is 0 Å². The van der Waals surface area contributed by atoms with E-state index in [-0.39, 0.29) is 11.8 Å². The van der Waals surface area contributed by atoms with Gasteiger partial charge in [-0.05, 0) is 51.5 Å². The van der Waals surface area contributed by atoms with Crippen LogP contribution in [0.25, 0.3) is 6.08 Å². The molecule has 148 valence electrons. The number of aromatic amines is 1. The SMILES string of the molecule is NCCCCCCCCC=CCCCCCCC=Cc1cc(O)[nH]c1O. The Hall–Kier alpha value is -1.68. The molecular weight excluding hydrogens is 324 g/mol. The van der Waals surface area contributed by atoms with Gasteiger partial charge in [-0.3, -0.25) is 4.98 Å². The van der Waals surface area contributed by atoms with Gasteiger partial charge in [0, 0.05) is 11.6 Å². The zero-order valence-corrected chi connectivity index (χ0v) is 16.3. The summed E-state index contributed by atoms with van der Waals surface area (Å²) in [7, 11) is 0. The van der Waals surface area contributed by atoms with E-state index in [0.29, 0.717) is 5.56 Å². The molecule has 0 unspecified atom stereocenters. The third kappa shape index (κ3) is 11.8. The molecule has 0 aliphatic rings. The minimum absolute atomic E-state index is 0.00212. The lowest BCUT2D eigenvalue weighted by Crippen LogP contribution is -1.97. The molecule has 0 saturated carbocycles. The second-order valence-corrected chi connectivity index (χ2v) is 7.02. The van der Waals surface area contributed by atoms with Crippen LogP contribution in [0.4, 0.5) is 0 Å². The van der Waals surface area contributed by atoms with Gasteiger partial charge in [-0.2, -0.15) is 0 Å². The molecule has 1 rings (SSSR count). The van der Waals surface area contributed by atoms with Gasteiger partial charge < -0.3 is 15.9 Å². The lowest BCUT2D eigenvalue weighted by molar-refractivity contribution is 0.425. The number of rotatable bonds is 16. The smallest absolute Gasteiger partial charge is 0.198 e. The molecule has 0 bridgehead atoms. The Bertz CT molecular complexity index is 506. The Morgan fingerprint density at radius 3 is 1.73 bits per heavy atom. The second-order valence-electron chi connectivity index (χ2n) is 7.02. The van der Waals surface area contributed by atoms with Crippen molar-refractivity contribution in [2.24, 2.45) is 5.73 Å². The van der Waals surface area contributed by atoms with Crippen LogP contribution in [-0.2, 0) is 0 Å². The van der Waals surface area contributed by atoms with E-state index in [2.05, 4.69) is 23.2 Å². The van der Waals surface area contributed by atoms with Gasteiger partial charge in [-0.1, -0.05) is 62.8 Å². The maximum atomic E-state index is 9.49. The maximum absolute atomic E-state index is 9.49. The van der Waals surface area contributed by atoms with Crippen LogP contribution in [0.1, 0.15) is 89.0 Å². The molecule has 26 heavy (non-hydrogen) atoms. The van der Waals surface area contributed by atoms with E-state index in [9.17, 15) is 10.2 Å². The highest BCUT2D eigenvalue weighted by atomic mass is 16.3. The van der Waals surface area contributed by atoms with Crippen LogP contribution in [0.2, 0.25) is 0 Å². The third-order valence-corrected chi connectivity index (χ3v) is 4.59. The zero-order valence-electron chi connectivity index (χ0n) is 16.3. The van der Waals surface area contributed by atoms with E-state index in [1.165, 1.54) is 83.1 Å². The number of aromatic nitrogens is 1. The monoisotopic (exact) mass is 362 g/mol. The molecule has 1 aromatic heterocycles. The standard InChI is InChI=1S/C22H38N2O2/c23-18-16-14-12-10-8-6-4-2-1-3-5-7-9-11-13-15-17-20-19-21(25)24-22(20)26/h1-2,15,17,19,24-26H,3-14,16,18,23H2. The van der Waals surface area contributed by atoms with E-state index < -0.39 is 0 Å². The average Bonchev–Trinajstić information content (AvgIpc) is 2.95. The molecule has 0 aromatic carbocycles. The molecule has 0 radical (unpaired) electrons. The van der Waals surface area contributed by atoms with Gasteiger partial charge in [0.2, 0.25) is 0 Å². The highest BCUT2D eigenvalue weighted by Crippen LogP contribution is 2.23. The summed E-state index contributed by atoms with van der Waals surface area (Å²) in [6, 6.07) is 1.53. The Balaban J connectivity index is 1.85. The molecule has 0 spiro atoms. The molecule has 5 N–H and O–H groups in total. The molecule has 0 fully saturated rings. The lowest BCUT2D eigenvalue weighted by Gasteiger charge is -1.99. The first-order valence-corrected chi connectivity index (χ1v) is 10.4. The first-order valence-electron chi connectivity index (χ1n) is 10.4. The second kappa shape index (κ2) is 15.6. The zero-order chi connectivity index (χ0) is 18.9. The molecule has 0 aliphatic heterocycles. The van der Waals surface area contributed by atoms with Crippen LogP contribution in [0, 0.1) is 0 Å². The minimum atomic E-state index is -0.00212. The van der Waals surface area contributed by atoms with Gasteiger partial charge in [0.1, 0.15) is 0 Å². The van der Waals surface area contributed by atoms with Crippen molar-refractivity contribution in [1.29, 1.82) is 0 Å². The lowest BCUT2D eigenvalue weighted by atomic mass is 10.1. The molecular formula is C22H38N2O2. The van der Waals surface area contributed by atoms with Gasteiger partial charge in [0.15, 0.2) is 11.8 Å². The molecule has 0 atom stereocenters. The molecule has 0 amide bonds. The molecule has 0 saturated heterocycles. The number of H-pyrrole nitrogens is 1. The summed E-state index contributed by atoms with van der Waals surface area (Å²) >= 11 is 0. The van der Waals surface area contributed by atoms with E-state index in [1.54, 1.807) is 0 Å². The van der Waals surface area contributed by atoms with Gasteiger partial charge in [-0.15, -0.1) is 0 Å². The van der Waals surface area contributed by atoms with Crippen molar-refractivity contribution in [2.45, 2.75) is 83.5 Å². The summed E-state index contributed by atoms with van der Waals surface area (Å²) in [6.07, 6.45) is 24.8. The fourth-order valence-corrected chi connectivity index (χ4v) is 3.01. The van der Waals surface area contributed by atoms with Crippen LogP contribution in [-0.4, -0.2) is 21.7 Å². The summed E-state index contributed by atoms with van der Waals surface area (Å²) in [4.78, 5) is 2.46. The van der Waals surface area contributed by atoms with Crippen LogP contribution in [0.5, 0.6) is 11.8 Å². The van der Waals surface area contributed by atoms with Crippen molar-refractivity contribution >= 4 is 6.08 Å². The third-order valence-electron chi connectivity index (χ3n) is 4.59. The number of unbranched alkanes of at least 4 members (excludes halogenated alkanes) is 11. The van der Waals surface area contributed by atoms with Crippen LogP contribution < -0.4 is 5.73 Å². The summed E-state index contributed by atoms with van der Waals surface area (Å²) in [5.41, 5.74) is 6.13. The van der Waals surface area contributed by atoms with E-state index in [1.807, 2.05) is 6.08 Å². The predicted octanol–water partition coefficient (Wildman–Crippen LogP) is 6.03. The molecule has 0 aliphatic carbocycles. The number of allylic oxidation sites excluding steroid dienone is 3. The number of aromatic hydroxyl groups is 2. The molecule has 4 nitrogen and oxygen atoms in total. The first-order chi connectivity index (χ1) is 12.7. The Morgan fingerprint density at radius 2 is 1.23 bits per heavy atom. The number of hydrogen-bond acceptors (Lipinski definition) is 3. The maximum Gasteiger partial charge on any atom is 0.198 e. The Morgan fingerprint density at radius 1 is 0.731 bits per heavy atom. The van der Waals surface area contributed by atoms with Crippen molar-refractivity contribution in [2.75, 3.05) is 6.54 Å². The van der Waals surface area contributed by atoms with Gasteiger partial charge >= 0.3 is 0 Å². The fourth-order valence-electron chi connectivity index (χ4n) is 3.01. The Labute approximate surface area is 159 Å². The largest absolute Gasteiger partial charge is 0.494 e. The number of nitrogens with one attached hydrogen (secondary N) is 1. The minimum Gasteiger partial charge on any atom is -0.494 e. The normalized spacial score (nSPS) is 11.9. The van der Waals surface area contributed by atoms with E-state index in [4.69, 9.17) is 5.73 Å². The van der Waals surface area contributed by atoms with Crippen LogP contribution >= 0.6 is 0 Å². The predicted molar refractivity (Wildman–Crippen MR) is 111 cm³/mol. The molecule has 1 heterocycles. The summed E-state index contributed by atoms with van der Waals surface area (Å²) < 4.78 is 0. The van der Waals surface area contributed by atoms with Crippen LogP contribution in [0.15, 0.2) is 24.3 Å². The highest BCUT2D eigenvalue weighted by molar-refractivity contribution is 5.56. The quantitative estimate of drug-likeness (QED) is 0.214. The van der Waals surface area contributed by atoms with Crippen molar-refractivity contribution in [3.8, 4) is 11.8 Å². The molecule has 4 heteroatoms. The van der Waals surface area contributed by atoms with Crippen molar-refractivity contribution < 1.29 is 10.2 Å². The van der Waals surface area contributed by atoms with Gasteiger partial charge in [0.25, 0.3) is 0 Å². The number of nitrogens with two attached hydrogens (primary N) is 1. The number of hydrogen-bond donors (Lipinski definition) is 4. The topological polar surface area (TPSA) is 82.3 Å². The van der Waals surface area contributed by atoms with Crippen molar-refractivity contribution in [1.82, 2.24) is 4.98 Å².